The van der Waals surface area contributed by atoms with Gasteiger partial charge in [-0.05, 0) is 42.0 Å². The Labute approximate surface area is 155 Å². The molecule has 0 saturated carbocycles. The molecule has 0 radical (unpaired) electrons. The molecule has 1 unspecified atom stereocenters. The topological polar surface area (TPSA) is 54.3 Å². The van der Waals surface area contributed by atoms with Crippen LogP contribution in [0.3, 0.4) is 0 Å². The molecule has 0 saturated heterocycles. The molecular weight excluding hydrogens is 350 g/mol. The summed E-state index contributed by atoms with van der Waals surface area (Å²) < 4.78 is 1.50. The number of hydrogen-bond acceptors (Lipinski definition) is 2. The van der Waals surface area contributed by atoms with Crippen LogP contribution in [0.25, 0.3) is 0 Å². The number of nitrogens with one attached hydrogen (secondary N) is 1. The summed E-state index contributed by atoms with van der Waals surface area (Å²) in [7, 11) is 0. The molecule has 2 amide bonds. The van der Waals surface area contributed by atoms with E-state index in [9.17, 15) is 9.59 Å². The third kappa shape index (κ3) is 2.86. The molecule has 2 aromatic carbocycles. The van der Waals surface area contributed by atoms with Crippen LogP contribution in [-0.4, -0.2) is 16.5 Å². The van der Waals surface area contributed by atoms with Gasteiger partial charge < -0.3 is 5.32 Å². The molecule has 1 aromatic heterocycles. The molecule has 0 aliphatic carbocycles. The van der Waals surface area contributed by atoms with E-state index in [1.165, 1.54) is 9.47 Å². The minimum Gasteiger partial charge on any atom is -0.350 e. The Balaban J connectivity index is 1.63. The average Bonchev–Trinajstić information content (AvgIpc) is 3.24. The average molecular weight is 366 g/mol. The van der Waals surface area contributed by atoms with Crippen molar-refractivity contribution in [2.75, 3.05) is 4.90 Å². The minimum absolute atomic E-state index is 0.227. The van der Waals surface area contributed by atoms with Crippen LogP contribution in [0.5, 0.6) is 0 Å². The Morgan fingerprint density at radius 1 is 1.00 bits per heavy atom. The number of carbonyl (C=O) groups excluding carboxylic acids is 2. The highest BCUT2D eigenvalue weighted by atomic mass is 35.5. The molecule has 0 spiro atoms. The molecule has 1 aliphatic rings. The van der Waals surface area contributed by atoms with Crippen molar-refractivity contribution < 1.29 is 9.59 Å². The van der Waals surface area contributed by atoms with Crippen molar-refractivity contribution in [1.82, 2.24) is 9.88 Å². The van der Waals surface area contributed by atoms with Gasteiger partial charge in [0.05, 0.1) is 5.69 Å². The summed E-state index contributed by atoms with van der Waals surface area (Å²) >= 11 is 5.95. The Morgan fingerprint density at radius 2 is 1.73 bits per heavy atom. The van der Waals surface area contributed by atoms with Gasteiger partial charge in [-0.25, -0.2) is 4.79 Å². The van der Waals surface area contributed by atoms with Crippen molar-refractivity contribution >= 4 is 29.2 Å². The van der Waals surface area contributed by atoms with Gasteiger partial charge in [0.2, 0.25) is 5.91 Å². The first-order valence-electron chi connectivity index (χ1n) is 8.23. The monoisotopic (exact) mass is 365 g/mol. The van der Waals surface area contributed by atoms with Crippen LogP contribution in [0.1, 0.15) is 17.3 Å². The molecule has 1 atom stereocenters. The van der Waals surface area contributed by atoms with Gasteiger partial charge in [-0.15, -0.1) is 0 Å². The van der Waals surface area contributed by atoms with E-state index in [2.05, 4.69) is 5.32 Å². The highest BCUT2D eigenvalue weighted by molar-refractivity contribution is 6.30. The molecule has 6 heteroatoms. The van der Waals surface area contributed by atoms with Crippen LogP contribution < -0.4 is 10.2 Å². The lowest BCUT2D eigenvalue weighted by Crippen LogP contribution is -2.39. The number of anilines is 1. The third-order valence-corrected chi connectivity index (χ3v) is 4.65. The number of benzene rings is 2. The second-order valence-corrected chi connectivity index (χ2v) is 6.47. The quantitative estimate of drug-likeness (QED) is 0.760. The van der Waals surface area contributed by atoms with Crippen LogP contribution in [0.4, 0.5) is 10.5 Å². The second kappa shape index (κ2) is 6.69. The summed E-state index contributed by atoms with van der Waals surface area (Å²) in [5.74, 6) is -0.227. The first-order chi connectivity index (χ1) is 12.6. The van der Waals surface area contributed by atoms with Crippen molar-refractivity contribution in [1.29, 1.82) is 0 Å². The fraction of sp³-hybridized carbons (Fsp3) is 0.100. The predicted molar refractivity (Wildman–Crippen MR) is 100 cm³/mol. The van der Waals surface area contributed by atoms with Crippen molar-refractivity contribution in [3.63, 3.8) is 0 Å². The van der Waals surface area contributed by atoms with Gasteiger partial charge in [0.25, 0.3) is 0 Å². The molecular formula is C20H16ClN3O2. The van der Waals surface area contributed by atoms with Gasteiger partial charge in [-0.2, -0.15) is 0 Å². The molecule has 1 N–H and O–H groups in total. The SMILES string of the molecule is O=C(NCc1ccccc1)C1c2cccn2C(=O)N1c1ccc(Cl)cc1. The summed E-state index contributed by atoms with van der Waals surface area (Å²) in [6, 6.07) is 19.1. The number of hydrogen-bond donors (Lipinski definition) is 1. The van der Waals surface area contributed by atoms with Crippen molar-refractivity contribution in [2.24, 2.45) is 0 Å². The van der Waals surface area contributed by atoms with Gasteiger partial charge in [0.15, 0.2) is 6.04 Å². The van der Waals surface area contributed by atoms with Crippen molar-refractivity contribution in [2.45, 2.75) is 12.6 Å². The van der Waals surface area contributed by atoms with Gasteiger partial charge in [0, 0.05) is 23.5 Å². The molecule has 2 heterocycles. The highest BCUT2D eigenvalue weighted by Crippen LogP contribution is 2.35. The van der Waals surface area contributed by atoms with Crippen molar-refractivity contribution in [3.05, 3.63) is 89.2 Å². The Hall–Kier alpha value is -3.05. The molecule has 26 heavy (non-hydrogen) atoms. The Kier molecular flexibility index (Phi) is 4.22. The first-order valence-corrected chi connectivity index (χ1v) is 8.61. The van der Waals surface area contributed by atoms with E-state index in [1.807, 2.05) is 30.3 Å². The summed E-state index contributed by atoms with van der Waals surface area (Å²) in [4.78, 5) is 27.2. The third-order valence-electron chi connectivity index (χ3n) is 4.39. The zero-order valence-electron chi connectivity index (χ0n) is 13.8. The van der Waals surface area contributed by atoms with Gasteiger partial charge in [0.1, 0.15) is 0 Å². The maximum absolute atomic E-state index is 12.9. The highest BCUT2D eigenvalue weighted by Gasteiger charge is 2.41. The molecule has 3 aromatic rings. The second-order valence-electron chi connectivity index (χ2n) is 6.04. The van der Waals surface area contributed by atoms with Crippen LogP contribution in [0.15, 0.2) is 72.9 Å². The number of nitrogens with zero attached hydrogens (tertiary/aromatic N) is 2. The van der Waals surface area contributed by atoms with E-state index < -0.39 is 6.04 Å². The Morgan fingerprint density at radius 3 is 2.46 bits per heavy atom. The number of rotatable bonds is 4. The van der Waals surface area contributed by atoms with Crippen LogP contribution >= 0.6 is 11.6 Å². The maximum Gasteiger partial charge on any atom is 0.333 e. The van der Waals surface area contributed by atoms with Gasteiger partial charge in [-0.1, -0.05) is 41.9 Å². The first kappa shape index (κ1) is 16.4. The summed E-state index contributed by atoms with van der Waals surface area (Å²) in [6.45, 7) is 0.402. The van der Waals surface area contributed by atoms with Crippen molar-refractivity contribution in [3.8, 4) is 0 Å². The smallest absolute Gasteiger partial charge is 0.333 e. The van der Waals surface area contributed by atoms with Crippen LogP contribution in [0, 0.1) is 0 Å². The van der Waals surface area contributed by atoms with E-state index in [1.54, 1.807) is 42.6 Å². The zero-order chi connectivity index (χ0) is 18.1. The summed E-state index contributed by atoms with van der Waals surface area (Å²) in [5, 5.41) is 3.51. The number of fused-ring (bicyclic) bond motifs is 1. The van der Waals surface area contributed by atoms with Gasteiger partial charge >= 0.3 is 6.03 Å². The van der Waals surface area contributed by atoms with Gasteiger partial charge in [-0.3, -0.25) is 14.3 Å². The largest absolute Gasteiger partial charge is 0.350 e. The molecule has 5 nitrogen and oxygen atoms in total. The molecule has 0 fully saturated rings. The van der Waals surface area contributed by atoms with E-state index in [-0.39, 0.29) is 11.9 Å². The molecule has 130 valence electrons. The number of halogens is 1. The lowest BCUT2D eigenvalue weighted by molar-refractivity contribution is -0.122. The summed E-state index contributed by atoms with van der Waals surface area (Å²) in [5.41, 5.74) is 2.28. The van der Waals surface area contributed by atoms with E-state index in [0.29, 0.717) is 22.9 Å². The normalized spacial score (nSPS) is 15.8. The zero-order valence-corrected chi connectivity index (χ0v) is 14.6. The predicted octanol–water partition coefficient (Wildman–Crippen LogP) is 3.99. The van der Waals surface area contributed by atoms with Crippen LogP contribution in [-0.2, 0) is 11.3 Å². The lowest BCUT2D eigenvalue weighted by Gasteiger charge is -2.23. The van der Waals surface area contributed by atoms with E-state index >= 15 is 0 Å². The fourth-order valence-corrected chi connectivity index (χ4v) is 3.27. The molecule has 4 rings (SSSR count). The number of carbonyl (C=O) groups is 2. The van der Waals surface area contributed by atoms with E-state index in [0.717, 1.165) is 5.56 Å². The van der Waals surface area contributed by atoms with E-state index in [4.69, 9.17) is 11.6 Å². The standard InChI is InChI=1S/C20H16ClN3O2/c21-15-8-10-16(11-9-15)24-18(17-7-4-12-23(17)20(24)26)19(25)22-13-14-5-2-1-3-6-14/h1-12,18H,13H2,(H,22,25). The minimum atomic E-state index is -0.720. The number of aromatic nitrogens is 1. The van der Waals surface area contributed by atoms with Crippen LogP contribution in [0.2, 0.25) is 5.02 Å². The number of amides is 2. The fourth-order valence-electron chi connectivity index (χ4n) is 3.14. The lowest BCUT2D eigenvalue weighted by atomic mass is 10.1. The summed E-state index contributed by atoms with van der Waals surface area (Å²) in [6.07, 6.45) is 1.67. The molecule has 1 aliphatic heterocycles. The molecule has 0 bridgehead atoms. The maximum atomic E-state index is 12.9. The Bertz CT molecular complexity index is 951.